The van der Waals surface area contributed by atoms with Crippen molar-refractivity contribution >= 4 is 22.1 Å². The summed E-state index contributed by atoms with van der Waals surface area (Å²) < 4.78 is 50.7. The number of carbonyl (C=O) groups is 2. The Hall–Kier alpha value is -3.51. The van der Waals surface area contributed by atoms with Crippen LogP contribution in [0.2, 0.25) is 0 Å². The maximum absolute atomic E-state index is 13.0. The number of hydrogen-bond acceptors (Lipinski definition) is 9. The quantitative estimate of drug-likeness (QED) is 0.276. The first-order valence-corrected chi connectivity index (χ1v) is 13.7. The van der Waals surface area contributed by atoms with Crippen molar-refractivity contribution in [1.29, 1.82) is 0 Å². The largest absolute Gasteiger partial charge is 0.495 e. The molecule has 0 aliphatic rings. The van der Waals surface area contributed by atoms with E-state index in [1.807, 2.05) is 19.1 Å². The molecule has 0 aliphatic carbocycles. The van der Waals surface area contributed by atoms with E-state index in [1.54, 1.807) is 39.0 Å². The van der Waals surface area contributed by atoms with Crippen LogP contribution >= 0.6 is 0 Å². The van der Waals surface area contributed by atoms with Gasteiger partial charge in [-0.15, -0.1) is 0 Å². The van der Waals surface area contributed by atoms with Gasteiger partial charge in [0.2, 0.25) is 16.8 Å². The summed E-state index contributed by atoms with van der Waals surface area (Å²) in [5.74, 6) is 0.349. The van der Waals surface area contributed by atoms with Crippen molar-refractivity contribution in [1.82, 2.24) is 4.90 Å². The number of para-hydroxylation sites is 2. The van der Waals surface area contributed by atoms with Crippen LogP contribution in [-0.4, -0.2) is 65.1 Å². The number of primary sulfonamides is 1. The van der Waals surface area contributed by atoms with Crippen molar-refractivity contribution < 1.29 is 41.7 Å². The van der Waals surface area contributed by atoms with Crippen LogP contribution in [0.5, 0.6) is 17.2 Å². The van der Waals surface area contributed by atoms with Crippen molar-refractivity contribution in [2.24, 2.45) is 11.1 Å². The van der Waals surface area contributed by atoms with Crippen LogP contribution in [0.15, 0.2) is 47.4 Å². The minimum atomic E-state index is -4.03. The van der Waals surface area contributed by atoms with E-state index in [4.69, 9.17) is 28.8 Å². The Morgan fingerprint density at radius 3 is 2.21 bits per heavy atom. The third kappa shape index (κ3) is 9.10. The zero-order valence-corrected chi connectivity index (χ0v) is 23.2. The average Bonchev–Trinajstić information content (AvgIpc) is 2.86. The van der Waals surface area contributed by atoms with Crippen molar-refractivity contribution in [3.05, 3.63) is 48.0 Å². The third-order valence-electron chi connectivity index (χ3n) is 5.43. The highest BCUT2D eigenvalue weighted by atomic mass is 32.2. The summed E-state index contributed by atoms with van der Waals surface area (Å²) in [7, 11) is -2.68. The van der Waals surface area contributed by atoms with Gasteiger partial charge in [0.1, 0.15) is 17.3 Å². The number of rotatable bonds is 14. The van der Waals surface area contributed by atoms with Crippen LogP contribution < -0.4 is 19.3 Å². The average molecular weight is 553 g/mol. The van der Waals surface area contributed by atoms with Gasteiger partial charge in [-0.05, 0) is 50.1 Å². The van der Waals surface area contributed by atoms with Crippen LogP contribution in [0, 0.1) is 5.92 Å². The van der Waals surface area contributed by atoms with Gasteiger partial charge in [-0.1, -0.05) is 32.0 Å². The van der Waals surface area contributed by atoms with Crippen LogP contribution in [-0.2, 0) is 30.7 Å². The molecule has 1 amide bonds. The smallest absolute Gasteiger partial charge is 0.413 e. The molecule has 0 heterocycles. The Morgan fingerprint density at radius 1 is 0.974 bits per heavy atom. The maximum atomic E-state index is 13.0. The lowest BCUT2D eigenvalue weighted by molar-refractivity contribution is -0.156. The van der Waals surface area contributed by atoms with Crippen LogP contribution in [0.1, 0.15) is 33.3 Å². The Balaban J connectivity index is 2.18. The summed E-state index contributed by atoms with van der Waals surface area (Å²) in [5, 5.41) is 5.34. The van der Waals surface area contributed by atoms with E-state index in [0.29, 0.717) is 23.7 Å². The Kier molecular flexibility index (Phi) is 11.7. The molecule has 210 valence electrons. The predicted molar refractivity (Wildman–Crippen MR) is 140 cm³/mol. The number of esters is 1. The fourth-order valence-electron chi connectivity index (χ4n) is 3.50. The second-order valence-electron chi connectivity index (χ2n) is 8.65. The molecule has 0 radical (unpaired) electrons. The van der Waals surface area contributed by atoms with E-state index in [9.17, 15) is 18.0 Å². The molecule has 2 N–H and O–H groups in total. The number of ether oxygens (including phenoxy) is 5. The maximum Gasteiger partial charge on any atom is 0.413 e. The van der Waals surface area contributed by atoms with Crippen LogP contribution in [0.25, 0.3) is 0 Å². The van der Waals surface area contributed by atoms with Crippen LogP contribution in [0.4, 0.5) is 4.79 Å². The first-order chi connectivity index (χ1) is 18.0. The number of amides is 1. The molecule has 0 spiro atoms. The fourth-order valence-corrected chi connectivity index (χ4v) is 4.25. The van der Waals surface area contributed by atoms with Gasteiger partial charge in [-0.25, -0.2) is 18.4 Å². The van der Waals surface area contributed by atoms with E-state index in [-0.39, 0.29) is 36.1 Å². The molecule has 0 aromatic heterocycles. The van der Waals surface area contributed by atoms with E-state index in [1.165, 1.54) is 24.1 Å². The minimum absolute atomic E-state index is 0.111. The molecule has 0 bridgehead atoms. The van der Waals surface area contributed by atoms with Gasteiger partial charge in [0, 0.05) is 6.04 Å². The number of benzene rings is 2. The summed E-state index contributed by atoms with van der Waals surface area (Å²) >= 11 is 0. The lowest BCUT2D eigenvalue weighted by atomic mass is 10.1. The second-order valence-corrected chi connectivity index (χ2v) is 10.2. The molecule has 2 aromatic carbocycles. The van der Waals surface area contributed by atoms with Gasteiger partial charge in [-0.3, -0.25) is 4.79 Å². The van der Waals surface area contributed by atoms with Gasteiger partial charge < -0.3 is 28.6 Å². The molecule has 38 heavy (non-hydrogen) atoms. The molecule has 12 heteroatoms. The van der Waals surface area contributed by atoms with E-state index in [2.05, 4.69) is 0 Å². The highest BCUT2D eigenvalue weighted by Gasteiger charge is 2.24. The fraction of sp³-hybridized carbons (Fsp3) is 0.462. The van der Waals surface area contributed by atoms with Crippen molar-refractivity contribution in [2.75, 3.05) is 33.7 Å². The molecule has 2 aromatic rings. The monoisotopic (exact) mass is 552 g/mol. The topological polar surface area (TPSA) is 144 Å². The van der Waals surface area contributed by atoms with Gasteiger partial charge in [0.15, 0.2) is 11.5 Å². The Labute approximate surface area is 223 Å². The number of nitrogens with zero attached hydrogens (tertiary/aromatic N) is 1. The van der Waals surface area contributed by atoms with Crippen LogP contribution in [0.3, 0.4) is 0 Å². The van der Waals surface area contributed by atoms with E-state index in [0.717, 1.165) is 0 Å². The van der Waals surface area contributed by atoms with Crippen molar-refractivity contribution in [3.63, 3.8) is 0 Å². The van der Waals surface area contributed by atoms with Gasteiger partial charge >= 0.3 is 12.1 Å². The van der Waals surface area contributed by atoms with Crippen molar-refractivity contribution in [3.8, 4) is 17.2 Å². The SMILES string of the molecule is CCOc1ccccc1OCCN(C(=O)OCOC(=O)C(C)C)[C@@H](C)Cc1ccc(OC)c(S(N)(=O)=O)c1. The minimum Gasteiger partial charge on any atom is -0.495 e. The summed E-state index contributed by atoms with van der Waals surface area (Å²) in [6.07, 6.45) is -0.459. The van der Waals surface area contributed by atoms with Crippen molar-refractivity contribution in [2.45, 2.75) is 45.1 Å². The number of methoxy groups -OCH3 is 1. The highest BCUT2D eigenvalue weighted by Crippen LogP contribution is 2.27. The van der Waals surface area contributed by atoms with E-state index < -0.39 is 34.9 Å². The number of carbonyl (C=O) groups excluding carboxylic acids is 2. The first-order valence-electron chi connectivity index (χ1n) is 12.1. The third-order valence-corrected chi connectivity index (χ3v) is 6.36. The number of nitrogens with two attached hydrogens (primary N) is 1. The predicted octanol–water partition coefficient (Wildman–Crippen LogP) is 3.35. The summed E-state index contributed by atoms with van der Waals surface area (Å²) in [5.41, 5.74) is 0.606. The Morgan fingerprint density at radius 2 is 1.63 bits per heavy atom. The molecular weight excluding hydrogens is 516 g/mol. The van der Waals surface area contributed by atoms with Gasteiger partial charge in [-0.2, -0.15) is 0 Å². The Bertz CT molecular complexity index is 1180. The second kappa shape index (κ2) is 14.4. The normalized spacial score (nSPS) is 12.0. The summed E-state index contributed by atoms with van der Waals surface area (Å²) in [6, 6.07) is 11.3. The number of hydrogen-bond donors (Lipinski definition) is 1. The molecule has 2 rings (SSSR count). The lowest BCUT2D eigenvalue weighted by Crippen LogP contribution is -2.43. The number of sulfonamides is 1. The molecule has 0 unspecified atom stereocenters. The zero-order valence-electron chi connectivity index (χ0n) is 22.3. The molecule has 11 nitrogen and oxygen atoms in total. The summed E-state index contributed by atoms with van der Waals surface area (Å²) in [6.45, 7) is 7.13. The molecule has 0 aliphatic heterocycles. The molecule has 0 fully saturated rings. The molecule has 0 saturated heterocycles. The van der Waals surface area contributed by atoms with Gasteiger partial charge in [0.05, 0.1) is 26.2 Å². The highest BCUT2D eigenvalue weighted by molar-refractivity contribution is 7.89. The standard InChI is InChI=1S/C26H36N2O9S/c1-6-34-21-9-7-8-10-22(21)35-14-13-28(26(30)37-17-36-25(29)18(2)3)19(4)15-20-11-12-23(33-5)24(16-20)38(27,31)32/h7-12,16,18-19H,6,13-15,17H2,1-5H3,(H2,27,31,32)/t19-/m0/s1. The zero-order chi connectivity index (χ0) is 28.3. The van der Waals surface area contributed by atoms with Gasteiger partial charge in [0.25, 0.3) is 0 Å². The molecular formula is C26H36N2O9S. The van der Waals surface area contributed by atoms with E-state index >= 15 is 0 Å². The first kappa shape index (κ1) is 30.7. The molecule has 1 atom stereocenters. The summed E-state index contributed by atoms with van der Waals surface area (Å²) in [4.78, 5) is 25.9. The lowest BCUT2D eigenvalue weighted by Gasteiger charge is -2.29. The molecule has 0 saturated carbocycles.